The Balaban J connectivity index is 1.88. The minimum atomic E-state index is -0.0606. The van der Waals surface area contributed by atoms with Gasteiger partial charge in [-0.15, -0.1) is 0 Å². The van der Waals surface area contributed by atoms with Crippen LogP contribution in [-0.4, -0.2) is 21.8 Å². The van der Waals surface area contributed by atoms with Gasteiger partial charge in [0, 0.05) is 11.6 Å². The van der Waals surface area contributed by atoms with Gasteiger partial charge in [0.25, 0.3) is 5.56 Å². The van der Waals surface area contributed by atoms with Crippen molar-refractivity contribution in [2.45, 2.75) is 13.0 Å². The van der Waals surface area contributed by atoms with Gasteiger partial charge in [0.2, 0.25) is 0 Å². The van der Waals surface area contributed by atoms with Gasteiger partial charge in [-0.1, -0.05) is 11.6 Å². The van der Waals surface area contributed by atoms with E-state index in [1.807, 2.05) is 6.08 Å². The molecule has 2 heterocycles. The molecule has 132 valence electrons. The van der Waals surface area contributed by atoms with Crippen LogP contribution >= 0.6 is 27.5 Å². The number of hydrogen-bond acceptors (Lipinski definition) is 4. The van der Waals surface area contributed by atoms with E-state index in [9.17, 15) is 9.90 Å². The van der Waals surface area contributed by atoms with E-state index in [-0.39, 0.29) is 11.3 Å². The Morgan fingerprint density at radius 2 is 2.15 bits per heavy atom. The van der Waals surface area contributed by atoms with Gasteiger partial charge in [-0.2, -0.15) is 0 Å². The fourth-order valence-corrected chi connectivity index (χ4v) is 3.79. The average Bonchev–Trinajstić information content (AvgIpc) is 3.00. The summed E-state index contributed by atoms with van der Waals surface area (Å²) in [5, 5.41) is 11.1. The molecule has 1 aliphatic heterocycles. The van der Waals surface area contributed by atoms with Gasteiger partial charge in [0.15, 0.2) is 11.5 Å². The van der Waals surface area contributed by atoms with Crippen molar-refractivity contribution in [2.75, 3.05) is 7.11 Å². The third-order valence-electron chi connectivity index (χ3n) is 4.42. The van der Waals surface area contributed by atoms with Crippen molar-refractivity contribution in [1.29, 1.82) is 0 Å². The van der Waals surface area contributed by atoms with E-state index in [0.717, 1.165) is 11.1 Å². The molecule has 0 radical (unpaired) electrons. The van der Waals surface area contributed by atoms with Crippen LogP contribution in [0.5, 0.6) is 11.5 Å². The van der Waals surface area contributed by atoms with Crippen molar-refractivity contribution in [3.05, 3.63) is 61.6 Å². The first-order valence-corrected chi connectivity index (χ1v) is 9.12. The maximum atomic E-state index is 12.7. The average molecular weight is 434 g/mol. The lowest BCUT2D eigenvalue weighted by Gasteiger charge is -2.08. The highest BCUT2D eigenvalue weighted by molar-refractivity contribution is 9.10. The van der Waals surface area contributed by atoms with Crippen molar-refractivity contribution in [1.82, 2.24) is 9.55 Å². The SMILES string of the molecule is COc1cc(/C=C2\CCn3c2nc2cc(Cl)ccc2c3=O)cc(Br)c1O. The van der Waals surface area contributed by atoms with Crippen LogP contribution in [0.4, 0.5) is 0 Å². The number of phenols is 1. The molecular weight excluding hydrogens is 420 g/mol. The molecule has 26 heavy (non-hydrogen) atoms. The van der Waals surface area contributed by atoms with E-state index in [4.69, 9.17) is 16.3 Å². The van der Waals surface area contributed by atoms with E-state index >= 15 is 0 Å². The first-order valence-electron chi connectivity index (χ1n) is 7.95. The summed E-state index contributed by atoms with van der Waals surface area (Å²) in [6.45, 7) is 0.585. The fraction of sp³-hybridized carbons (Fsp3) is 0.158. The number of rotatable bonds is 2. The quantitative estimate of drug-likeness (QED) is 0.647. The van der Waals surface area contributed by atoms with Crippen molar-refractivity contribution in [3.8, 4) is 11.5 Å². The van der Waals surface area contributed by atoms with Crippen molar-refractivity contribution < 1.29 is 9.84 Å². The van der Waals surface area contributed by atoms with Gasteiger partial charge in [0.1, 0.15) is 5.82 Å². The van der Waals surface area contributed by atoms with Gasteiger partial charge in [0.05, 0.1) is 22.5 Å². The lowest BCUT2D eigenvalue weighted by molar-refractivity contribution is 0.372. The lowest BCUT2D eigenvalue weighted by Crippen LogP contribution is -2.20. The zero-order valence-electron chi connectivity index (χ0n) is 13.8. The van der Waals surface area contributed by atoms with Crippen molar-refractivity contribution >= 4 is 50.1 Å². The van der Waals surface area contributed by atoms with Crippen LogP contribution in [0.25, 0.3) is 22.6 Å². The third-order valence-corrected chi connectivity index (χ3v) is 5.26. The second kappa shape index (κ2) is 6.45. The fourth-order valence-electron chi connectivity index (χ4n) is 3.16. The molecular formula is C19H14BrClN2O3. The number of halogens is 2. The number of aromatic nitrogens is 2. The predicted octanol–water partition coefficient (Wildman–Crippen LogP) is 4.47. The molecule has 1 aliphatic rings. The summed E-state index contributed by atoms with van der Waals surface area (Å²) < 4.78 is 7.42. The summed E-state index contributed by atoms with van der Waals surface area (Å²) in [6, 6.07) is 8.65. The molecule has 1 aromatic heterocycles. The van der Waals surface area contributed by atoms with E-state index < -0.39 is 0 Å². The number of fused-ring (bicyclic) bond motifs is 2. The predicted molar refractivity (Wildman–Crippen MR) is 106 cm³/mol. The topological polar surface area (TPSA) is 64.4 Å². The number of allylic oxidation sites excluding steroid dienone is 1. The Kier molecular flexibility index (Phi) is 4.25. The van der Waals surface area contributed by atoms with E-state index in [1.165, 1.54) is 7.11 Å². The Bertz CT molecular complexity index is 1140. The van der Waals surface area contributed by atoms with E-state index in [1.54, 1.807) is 34.9 Å². The number of benzene rings is 2. The van der Waals surface area contributed by atoms with Gasteiger partial charge < -0.3 is 9.84 Å². The minimum Gasteiger partial charge on any atom is -0.503 e. The Morgan fingerprint density at radius 1 is 1.35 bits per heavy atom. The molecule has 0 saturated carbocycles. The van der Waals surface area contributed by atoms with Crippen molar-refractivity contribution in [3.63, 3.8) is 0 Å². The van der Waals surface area contributed by atoms with E-state index in [0.29, 0.717) is 44.9 Å². The molecule has 1 N–H and O–H groups in total. The van der Waals surface area contributed by atoms with Crippen LogP contribution in [0, 0.1) is 0 Å². The number of hydrogen-bond donors (Lipinski definition) is 1. The van der Waals surface area contributed by atoms with Crippen LogP contribution in [-0.2, 0) is 6.54 Å². The monoisotopic (exact) mass is 432 g/mol. The number of nitrogens with zero attached hydrogens (tertiary/aromatic N) is 2. The van der Waals surface area contributed by atoms with E-state index in [2.05, 4.69) is 20.9 Å². The van der Waals surface area contributed by atoms with Crippen LogP contribution in [0.2, 0.25) is 5.02 Å². The Morgan fingerprint density at radius 3 is 2.92 bits per heavy atom. The van der Waals surface area contributed by atoms with Gasteiger partial charge in [-0.3, -0.25) is 9.36 Å². The minimum absolute atomic E-state index is 0.0523. The summed E-state index contributed by atoms with van der Waals surface area (Å²) >= 11 is 9.37. The molecule has 0 atom stereocenters. The van der Waals surface area contributed by atoms with Crippen LogP contribution < -0.4 is 10.3 Å². The molecule has 0 unspecified atom stereocenters. The van der Waals surface area contributed by atoms with Crippen LogP contribution in [0.3, 0.4) is 0 Å². The number of ether oxygens (including phenoxy) is 1. The molecule has 0 aliphatic carbocycles. The van der Waals surface area contributed by atoms with Crippen LogP contribution in [0.15, 0.2) is 39.6 Å². The highest BCUT2D eigenvalue weighted by atomic mass is 79.9. The maximum Gasteiger partial charge on any atom is 0.261 e. The zero-order chi connectivity index (χ0) is 18.4. The second-order valence-corrected chi connectivity index (χ2v) is 7.32. The Labute approximate surface area is 162 Å². The number of aromatic hydroxyl groups is 1. The third kappa shape index (κ3) is 2.79. The molecule has 2 aromatic carbocycles. The summed E-state index contributed by atoms with van der Waals surface area (Å²) in [4.78, 5) is 17.4. The zero-order valence-corrected chi connectivity index (χ0v) is 16.1. The second-order valence-electron chi connectivity index (χ2n) is 6.03. The Hall–Kier alpha value is -2.31. The first kappa shape index (κ1) is 17.1. The lowest BCUT2D eigenvalue weighted by atomic mass is 10.1. The van der Waals surface area contributed by atoms with Crippen LogP contribution in [0.1, 0.15) is 17.8 Å². The standard InChI is InChI=1S/C19H14BrClN2O3/c1-26-16-8-10(7-14(20)17(16)24)6-11-4-5-23-18(11)22-15-9-12(21)2-3-13(15)19(23)25/h2-3,6-9,24H,4-5H2,1H3/b11-6+. The number of methoxy groups -OCH3 is 1. The molecule has 4 rings (SSSR count). The molecule has 7 heteroatoms. The molecule has 0 bridgehead atoms. The molecule has 0 amide bonds. The molecule has 5 nitrogen and oxygen atoms in total. The molecule has 3 aromatic rings. The summed E-state index contributed by atoms with van der Waals surface area (Å²) in [7, 11) is 1.50. The largest absolute Gasteiger partial charge is 0.503 e. The highest BCUT2D eigenvalue weighted by Crippen LogP contribution is 2.37. The molecule has 0 spiro atoms. The summed E-state index contributed by atoms with van der Waals surface area (Å²) in [5.74, 6) is 1.07. The molecule has 0 fully saturated rings. The first-order chi connectivity index (χ1) is 12.5. The van der Waals surface area contributed by atoms with Crippen molar-refractivity contribution in [2.24, 2.45) is 0 Å². The number of phenolic OH excluding ortho intramolecular Hbond substituents is 1. The summed E-state index contributed by atoms with van der Waals surface area (Å²) in [6.07, 6.45) is 2.65. The summed E-state index contributed by atoms with van der Waals surface area (Å²) in [5.41, 5.74) is 2.32. The normalized spacial score (nSPS) is 14.8. The highest BCUT2D eigenvalue weighted by Gasteiger charge is 2.21. The van der Waals surface area contributed by atoms with Gasteiger partial charge in [-0.05, 0) is 69.9 Å². The smallest absolute Gasteiger partial charge is 0.261 e. The van der Waals surface area contributed by atoms with Gasteiger partial charge in [-0.25, -0.2) is 4.98 Å². The van der Waals surface area contributed by atoms with Gasteiger partial charge >= 0.3 is 0 Å². The molecule has 0 saturated heterocycles. The maximum absolute atomic E-state index is 12.7.